The zero-order valence-corrected chi connectivity index (χ0v) is 12.8. The van der Waals surface area contributed by atoms with Gasteiger partial charge in [-0.15, -0.1) is 0 Å². The van der Waals surface area contributed by atoms with Crippen molar-refractivity contribution in [1.82, 2.24) is 10.2 Å². The minimum atomic E-state index is -0.409. The lowest BCUT2D eigenvalue weighted by Crippen LogP contribution is -2.39. The van der Waals surface area contributed by atoms with Crippen LogP contribution in [-0.2, 0) is 4.74 Å². The number of carbonyl (C=O) groups is 1. The van der Waals surface area contributed by atoms with E-state index in [0.29, 0.717) is 6.54 Å². The van der Waals surface area contributed by atoms with Gasteiger partial charge < -0.3 is 15.0 Å². The Morgan fingerprint density at radius 1 is 1.42 bits per heavy atom. The van der Waals surface area contributed by atoms with E-state index in [1.54, 1.807) is 4.90 Å². The molecule has 110 valence electrons. The third kappa shape index (κ3) is 6.62. The first-order valence-corrected chi connectivity index (χ1v) is 7.23. The van der Waals surface area contributed by atoms with Gasteiger partial charge in [0.15, 0.2) is 0 Å². The second kappa shape index (κ2) is 7.53. The number of amides is 1. The maximum atomic E-state index is 11.9. The first kappa shape index (κ1) is 16.0. The van der Waals surface area contributed by atoms with Crippen LogP contribution in [0.1, 0.15) is 46.5 Å². The summed E-state index contributed by atoms with van der Waals surface area (Å²) in [5.41, 5.74) is 1.07. The van der Waals surface area contributed by atoms with Crippen molar-refractivity contribution in [3.05, 3.63) is 11.6 Å². The van der Waals surface area contributed by atoms with Crippen molar-refractivity contribution in [2.24, 2.45) is 0 Å². The average Bonchev–Trinajstić information content (AvgIpc) is 2.33. The third-order valence-corrected chi connectivity index (χ3v) is 3.13. The molecule has 1 amide bonds. The monoisotopic (exact) mass is 268 g/mol. The Morgan fingerprint density at radius 3 is 2.68 bits per heavy atom. The van der Waals surface area contributed by atoms with E-state index in [-0.39, 0.29) is 6.09 Å². The zero-order chi connectivity index (χ0) is 14.3. The second-order valence-electron chi connectivity index (χ2n) is 6.10. The van der Waals surface area contributed by atoms with Crippen LogP contribution in [0.5, 0.6) is 0 Å². The number of hydrogen-bond donors (Lipinski definition) is 1. The Hall–Kier alpha value is -1.03. The number of rotatable bonds is 5. The second-order valence-corrected chi connectivity index (χ2v) is 6.10. The molecule has 0 saturated heterocycles. The standard InChI is InChI=1S/C15H28N2O2/c1-15(2,3)19-14(18)17-11-8-13(9-12-17)7-5-6-10-16-4/h8,16H,5-7,9-12H2,1-4H3. The van der Waals surface area contributed by atoms with E-state index in [1.807, 2.05) is 27.8 Å². The highest BCUT2D eigenvalue weighted by Crippen LogP contribution is 2.18. The fraction of sp³-hybridized carbons (Fsp3) is 0.800. The summed E-state index contributed by atoms with van der Waals surface area (Å²) in [5, 5.41) is 3.16. The van der Waals surface area contributed by atoms with Crippen molar-refractivity contribution >= 4 is 6.09 Å². The van der Waals surface area contributed by atoms with E-state index in [2.05, 4.69) is 11.4 Å². The molecule has 0 fully saturated rings. The largest absolute Gasteiger partial charge is 0.444 e. The summed E-state index contributed by atoms with van der Waals surface area (Å²) < 4.78 is 5.37. The highest BCUT2D eigenvalue weighted by molar-refractivity contribution is 5.68. The van der Waals surface area contributed by atoms with Gasteiger partial charge in [-0.3, -0.25) is 0 Å². The van der Waals surface area contributed by atoms with Crippen LogP contribution in [-0.4, -0.2) is 43.3 Å². The van der Waals surface area contributed by atoms with Crippen molar-refractivity contribution in [2.45, 2.75) is 52.1 Å². The third-order valence-electron chi connectivity index (χ3n) is 3.13. The first-order valence-electron chi connectivity index (χ1n) is 7.23. The lowest BCUT2D eigenvalue weighted by Gasteiger charge is -2.29. The van der Waals surface area contributed by atoms with E-state index in [1.165, 1.54) is 18.4 Å². The van der Waals surface area contributed by atoms with Gasteiger partial charge in [0.05, 0.1) is 0 Å². The van der Waals surface area contributed by atoms with Crippen LogP contribution in [0.25, 0.3) is 0 Å². The maximum Gasteiger partial charge on any atom is 0.410 e. The molecule has 4 heteroatoms. The first-order chi connectivity index (χ1) is 8.92. The molecule has 0 unspecified atom stereocenters. The van der Waals surface area contributed by atoms with Gasteiger partial charge in [0.25, 0.3) is 0 Å². The molecule has 0 aromatic carbocycles. The van der Waals surface area contributed by atoms with Crippen molar-refractivity contribution < 1.29 is 9.53 Å². The fourth-order valence-corrected chi connectivity index (χ4v) is 2.08. The van der Waals surface area contributed by atoms with E-state index >= 15 is 0 Å². The fourth-order valence-electron chi connectivity index (χ4n) is 2.08. The van der Waals surface area contributed by atoms with E-state index in [9.17, 15) is 4.79 Å². The van der Waals surface area contributed by atoms with Crippen LogP contribution < -0.4 is 5.32 Å². The van der Waals surface area contributed by atoms with E-state index in [4.69, 9.17) is 4.74 Å². The van der Waals surface area contributed by atoms with Crippen LogP contribution in [0.15, 0.2) is 11.6 Å². The maximum absolute atomic E-state index is 11.9. The smallest absolute Gasteiger partial charge is 0.410 e. The average molecular weight is 268 g/mol. The minimum absolute atomic E-state index is 0.196. The Kier molecular flexibility index (Phi) is 6.35. The van der Waals surface area contributed by atoms with Gasteiger partial charge in [0.1, 0.15) is 5.60 Å². The van der Waals surface area contributed by atoms with Gasteiger partial charge in [0.2, 0.25) is 0 Å². The molecule has 0 bridgehead atoms. The Balaban J connectivity index is 2.30. The number of unbranched alkanes of at least 4 members (excludes halogenated alkanes) is 1. The zero-order valence-electron chi connectivity index (χ0n) is 12.8. The summed E-state index contributed by atoms with van der Waals surface area (Å²) in [4.78, 5) is 13.7. The van der Waals surface area contributed by atoms with Gasteiger partial charge in [-0.05, 0) is 60.0 Å². The molecule has 0 spiro atoms. The van der Waals surface area contributed by atoms with Crippen LogP contribution in [0.2, 0.25) is 0 Å². The summed E-state index contributed by atoms with van der Waals surface area (Å²) in [6.45, 7) is 8.26. The van der Waals surface area contributed by atoms with Crippen molar-refractivity contribution in [2.75, 3.05) is 26.7 Å². The molecular formula is C15H28N2O2. The molecule has 4 nitrogen and oxygen atoms in total. The number of ether oxygens (including phenoxy) is 1. The molecule has 19 heavy (non-hydrogen) atoms. The molecule has 0 radical (unpaired) electrons. The van der Waals surface area contributed by atoms with Gasteiger partial charge in [0, 0.05) is 13.1 Å². The molecule has 1 aliphatic rings. The van der Waals surface area contributed by atoms with Crippen molar-refractivity contribution in [3.8, 4) is 0 Å². The molecule has 1 rings (SSSR count). The molecule has 0 atom stereocenters. The highest BCUT2D eigenvalue weighted by atomic mass is 16.6. The number of carbonyl (C=O) groups excluding carboxylic acids is 1. The Bertz CT molecular complexity index is 319. The highest BCUT2D eigenvalue weighted by Gasteiger charge is 2.23. The van der Waals surface area contributed by atoms with Gasteiger partial charge in [-0.25, -0.2) is 4.79 Å². The quantitative estimate of drug-likeness (QED) is 0.615. The summed E-state index contributed by atoms with van der Waals surface area (Å²) in [7, 11) is 1.98. The van der Waals surface area contributed by atoms with Crippen LogP contribution >= 0.6 is 0 Å². The summed E-state index contributed by atoms with van der Waals surface area (Å²) in [5.74, 6) is 0. The molecular weight excluding hydrogens is 240 g/mol. The molecule has 0 saturated carbocycles. The number of hydrogen-bond acceptors (Lipinski definition) is 3. The molecule has 1 N–H and O–H groups in total. The molecule has 1 heterocycles. The van der Waals surface area contributed by atoms with Crippen molar-refractivity contribution in [3.63, 3.8) is 0 Å². The summed E-state index contributed by atoms with van der Waals surface area (Å²) >= 11 is 0. The molecule has 0 aromatic rings. The lowest BCUT2D eigenvalue weighted by molar-refractivity contribution is 0.0265. The predicted octanol–water partition coefficient (Wildman–Crippen LogP) is 2.94. The Morgan fingerprint density at radius 2 is 2.16 bits per heavy atom. The topological polar surface area (TPSA) is 41.6 Å². The molecule has 0 aromatic heterocycles. The lowest BCUT2D eigenvalue weighted by atomic mass is 10.0. The SMILES string of the molecule is CNCCCCC1=CCN(C(=O)OC(C)(C)C)CC1. The predicted molar refractivity (Wildman–Crippen MR) is 78.3 cm³/mol. The number of nitrogens with zero attached hydrogens (tertiary/aromatic N) is 1. The Labute approximate surface area is 117 Å². The summed E-state index contributed by atoms with van der Waals surface area (Å²) in [6.07, 6.45) is 6.57. The van der Waals surface area contributed by atoms with Gasteiger partial charge >= 0.3 is 6.09 Å². The minimum Gasteiger partial charge on any atom is -0.444 e. The molecule has 1 aliphatic heterocycles. The van der Waals surface area contributed by atoms with Gasteiger partial charge in [-0.2, -0.15) is 0 Å². The van der Waals surface area contributed by atoms with Crippen molar-refractivity contribution in [1.29, 1.82) is 0 Å². The molecule has 0 aliphatic carbocycles. The normalized spacial score (nSPS) is 16.2. The van der Waals surface area contributed by atoms with Crippen LogP contribution in [0, 0.1) is 0 Å². The van der Waals surface area contributed by atoms with Crippen LogP contribution in [0.4, 0.5) is 4.79 Å². The van der Waals surface area contributed by atoms with E-state index < -0.39 is 5.60 Å². The number of nitrogens with one attached hydrogen (secondary N) is 1. The van der Waals surface area contributed by atoms with Crippen LogP contribution in [0.3, 0.4) is 0 Å². The van der Waals surface area contributed by atoms with E-state index in [0.717, 1.165) is 25.9 Å². The summed E-state index contributed by atoms with van der Waals surface area (Å²) in [6, 6.07) is 0. The van der Waals surface area contributed by atoms with Gasteiger partial charge in [-0.1, -0.05) is 11.6 Å².